The molecule has 0 atom stereocenters. The van der Waals surface area contributed by atoms with Crippen molar-refractivity contribution in [2.24, 2.45) is 5.92 Å². The van der Waals surface area contributed by atoms with Crippen LogP contribution < -0.4 is 10.6 Å². The zero-order valence-corrected chi connectivity index (χ0v) is 16.8. The van der Waals surface area contributed by atoms with Crippen LogP contribution in [0.5, 0.6) is 0 Å². The Bertz CT molecular complexity index is 1090. The maximum Gasteiger partial charge on any atom is 0.321 e. The summed E-state index contributed by atoms with van der Waals surface area (Å²) in [5.74, 6) is -1.04. The van der Waals surface area contributed by atoms with Crippen molar-refractivity contribution in [2.75, 3.05) is 25.0 Å². The first-order valence-electron chi connectivity index (χ1n) is 10.2. The maximum atomic E-state index is 13.7. The summed E-state index contributed by atoms with van der Waals surface area (Å²) in [7, 11) is 0. The number of amides is 3. The normalized spacial score (nSPS) is 14.6. The highest BCUT2D eigenvalue weighted by Crippen LogP contribution is 2.22. The average Bonchev–Trinajstić information content (AvgIpc) is 3.24. The van der Waals surface area contributed by atoms with Crippen molar-refractivity contribution in [3.8, 4) is 0 Å². The summed E-state index contributed by atoms with van der Waals surface area (Å²) in [6.45, 7) is 1.60. The van der Waals surface area contributed by atoms with Gasteiger partial charge in [0, 0.05) is 31.3 Å². The summed E-state index contributed by atoms with van der Waals surface area (Å²) >= 11 is 0. The molecule has 1 saturated heterocycles. The average molecular weight is 427 g/mol. The Morgan fingerprint density at radius 1 is 1.13 bits per heavy atom. The third kappa shape index (κ3) is 4.99. The summed E-state index contributed by atoms with van der Waals surface area (Å²) in [5.41, 5.74) is 2.04. The molecule has 2 heterocycles. The number of likely N-dealkylation sites (tertiary alicyclic amines) is 1. The zero-order valence-electron chi connectivity index (χ0n) is 16.8. The monoisotopic (exact) mass is 427 g/mol. The molecule has 2 aromatic carbocycles. The van der Waals surface area contributed by atoms with Gasteiger partial charge in [-0.1, -0.05) is 0 Å². The van der Waals surface area contributed by atoms with Crippen LogP contribution in [0.3, 0.4) is 0 Å². The van der Waals surface area contributed by atoms with Crippen molar-refractivity contribution in [3.63, 3.8) is 0 Å². The van der Waals surface area contributed by atoms with E-state index >= 15 is 0 Å². The molecule has 3 N–H and O–H groups in total. The molecule has 1 fully saturated rings. The van der Waals surface area contributed by atoms with Gasteiger partial charge in [-0.2, -0.15) is 0 Å². The largest absolute Gasteiger partial charge is 0.352 e. The molecule has 31 heavy (non-hydrogen) atoms. The van der Waals surface area contributed by atoms with Gasteiger partial charge >= 0.3 is 6.03 Å². The minimum atomic E-state index is -0.674. The number of H-pyrrole nitrogens is 1. The summed E-state index contributed by atoms with van der Waals surface area (Å²) in [6, 6.07) is 7.84. The van der Waals surface area contributed by atoms with Gasteiger partial charge in [-0.05, 0) is 55.5 Å². The number of nitrogens with one attached hydrogen (secondary N) is 3. The van der Waals surface area contributed by atoms with Crippen LogP contribution in [0.2, 0.25) is 0 Å². The lowest BCUT2D eigenvalue weighted by molar-refractivity contribution is 0.0949. The standard InChI is InChI=1S/C22H23F2N5O2/c23-16-2-3-17(24)19(12-16)28-22(31)29-9-6-14(7-10-29)5-8-25-21(30)15-1-4-18-20(11-15)27-13-26-18/h1-4,11-14H,5-10H2,(H,25,30)(H,26,27)(H,28,31). The number of carbonyl (C=O) groups is 2. The van der Waals surface area contributed by atoms with E-state index in [2.05, 4.69) is 20.6 Å². The van der Waals surface area contributed by atoms with Crippen molar-refractivity contribution in [1.29, 1.82) is 0 Å². The highest BCUT2D eigenvalue weighted by Gasteiger charge is 2.23. The van der Waals surface area contributed by atoms with E-state index in [9.17, 15) is 18.4 Å². The molecule has 4 rings (SSSR count). The molecule has 1 aliphatic rings. The number of hydrogen-bond acceptors (Lipinski definition) is 3. The molecule has 1 aromatic heterocycles. The number of fused-ring (bicyclic) bond motifs is 1. The third-order valence-corrected chi connectivity index (χ3v) is 5.59. The van der Waals surface area contributed by atoms with Crippen LogP contribution in [0.1, 0.15) is 29.6 Å². The van der Waals surface area contributed by atoms with Crippen molar-refractivity contribution in [3.05, 3.63) is 59.9 Å². The second kappa shape index (κ2) is 9.11. The smallest absolute Gasteiger partial charge is 0.321 e. The molecule has 3 amide bonds. The van der Waals surface area contributed by atoms with Crippen LogP contribution in [0.4, 0.5) is 19.3 Å². The van der Waals surface area contributed by atoms with E-state index in [1.54, 1.807) is 29.4 Å². The van der Waals surface area contributed by atoms with Crippen LogP contribution in [-0.4, -0.2) is 46.4 Å². The lowest BCUT2D eigenvalue weighted by Crippen LogP contribution is -2.41. The molecule has 9 heteroatoms. The first kappa shape index (κ1) is 20.8. The number of piperidine rings is 1. The van der Waals surface area contributed by atoms with E-state index in [1.807, 2.05) is 0 Å². The van der Waals surface area contributed by atoms with Gasteiger partial charge in [-0.3, -0.25) is 4.79 Å². The van der Waals surface area contributed by atoms with E-state index in [0.717, 1.165) is 48.5 Å². The Morgan fingerprint density at radius 2 is 1.94 bits per heavy atom. The van der Waals surface area contributed by atoms with Crippen LogP contribution in [0.15, 0.2) is 42.7 Å². The van der Waals surface area contributed by atoms with E-state index in [4.69, 9.17) is 0 Å². The van der Waals surface area contributed by atoms with Gasteiger partial charge in [0.2, 0.25) is 0 Å². The van der Waals surface area contributed by atoms with Crippen LogP contribution >= 0.6 is 0 Å². The molecule has 0 spiro atoms. The van der Waals surface area contributed by atoms with Gasteiger partial charge in [0.05, 0.1) is 23.0 Å². The molecule has 7 nitrogen and oxygen atoms in total. The Hall–Kier alpha value is -3.49. The quantitative estimate of drug-likeness (QED) is 0.577. The number of carbonyl (C=O) groups excluding carboxylic acids is 2. The lowest BCUT2D eigenvalue weighted by atomic mass is 9.93. The van der Waals surface area contributed by atoms with Gasteiger partial charge in [0.1, 0.15) is 11.6 Å². The number of halogens is 2. The molecule has 1 aliphatic heterocycles. The Morgan fingerprint density at radius 3 is 2.74 bits per heavy atom. The van der Waals surface area contributed by atoms with Crippen LogP contribution in [-0.2, 0) is 0 Å². The molecular weight excluding hydrogens is 404 g/mol. The second-order valence-corrected chi connectivity index (χ2v) is 7.66. The fourth-order valence-electron chi connectivity index (χ4n) is 3.78. The SMILES string of the molecule is O=C(NCCC1CCN(C(=O)Nc2cc(F)ccc2F)CC1)c1ccc2nc[nH]c2c1. The summed E-state index contributed by atoms with van der Waals surface area (Å²) in [4.78, 5) is 33.4. The summed E-state index contributed by atoms with van der Waals surface area (Å²) in [6.07, 6.45) is 3.98. The number of hydrogen-bond donors (Lipinski definition) is 3. The number of urea groups is 1. The third-order valence-electron chi connectivity index (χ3n) is 5.59. The molecule has 0 bridgehead atoms. The summed E-state index contributed by atoms with van der Waals surface area (Å²) in [5, 5.41) is 5.37. The molecule has 162 valence electrons. The van der Waals surface area contributed by atoms with Gasteiger partial charge in [-0.25, -0.2) is 18.6 Å². The first-order valence-corrected chi connectivity index (χ1v) is 10.2. The molecule has 0 unspecified atom stereocenters. The summed E-state index contributed by atoms with van der Waals surface area (Å²) < 4.78 is 27.0. The molecule has 0 aliphatic carbocycles. The van der Waals surface area contributed by atoms with Crippen LogP contribution in [0.25, 0.3) is 11.0 Å². The van der Waals surface area contributed by atoms with Crippen molar-refractivity contribution in [1.82, 2.24) is 20.2 Å². The Labute approximate surface area is 177 Å². The molecular formula is C22H23F2N5O2. The van der Waals surface area contributed by atoms with E-state index in [1.165, 1.54) is 0 Å². The van der Waals surface area contributed by atoms with Gasteiger partial charge in [-0.15, -0.1) is 0 Å². The number of aromatic nitrogens is 2. The topological polar surface area (TPSA) is 90.1 Å². The van der Waals surface area contributed by atoms with Crippen molar-refractivity contribution >= 4 is 28.7 Å². The number of imidazole rings is 1. The number of anilines is 1. The maximum absolute atomic E-state index is 13.7. The zero-order chi connectivity index (χ0) is 21.8. The van der Waals surface area contributed by atoms with Crippen molar-refractivity contribution in [2.45, 2.75) is 19.3 Å². The molecule has 0 saturated carbocycles. The van der Waals surface area contributed by atoms with E-state index in [0.29, 0.717) is 31.1 Å². The number of benzene rings is 2. The van der Waals surface area contributed by atoms with Gasteiger partial charge in [0.25, 0.3) is 5.91 Å². The number of aromatic amines is 1. The van der Waals surface area contributed by atoms with Gasteiger partial charge < -0.3 is 20.5 Å². The number of rotatable bonds is 5. The second-order valence-electron chi connectivity index (χ2n) is 7.66. The lowest BCUT2D eigenvalue weighted by Gasteiger charge is -2.32. The highest BCUT2D eigenvalue weighted by atomic mass is 19.1. The Kier molecular flexibility index (Phi) is 6.11. The minimum absolute atomic E-state index is 0.134. The van der Waals surface area contributed by atoms with E-state index < -0.39 is 17.7 Å². The fourth-order valence-corrected chi connectivity index (χ4v) is 3.78. The highest BCUT2D eigenvalue weighted by molar-refractivity contribution is 5.97. The predicted octanol–water partition coefficient (Wildman–Crippen LogP) is 3.91. The molecule has 3 aromatic rings. The Balaban J connectivity index is 1.20. The first-order chi connectivity index (χ1) is 15.0. The van der Waals surface area contributed by atoms with Gasteiger partial charge in [0.15, 0.2) is 0 Å². The predicted molar refractivity (Wildman–Crippen MR) is 113 cm³/mol. The van der Waals surface area contributed by atoms with Crippen LogP contribution in [0, 0.1) is 17.6 Å². The van der Waals surface area contributed by atoms with E-state index in [-0.39, 0.29) is 11.6 Å². The fraction of sp³-hybridized carbons (Fsp3) is 0.318. The van der Waals surface area contributed by atoms with Crippen molar-refractivity contribution < 1.29 is 18.4 Å². The number of nitrogens with zero attached hydrogens (tertiary/aromatic N) is 2. The minimum Gasteiger partial charge on any atom is -0.352 e. The molecule has 0 radical (unpaired) electrons.